The lowest BCUT2D eigenvalue weighted by Gasteiger charge is -2.09. The largest absolute Gasteiger partial charge is 0.476 e. The highest BCUT2D eigenvalue weighted by Gasteiger charge is 2.21. The summed E-state index contributed by atoms with van der Waals surface area (Å²) in [5.41, 5.74) is 2.06. The minimum atomic E-state index is -1.13. The first-order valence-corrected chi connectivity index (χ1v) is 9.02. The number of hydrogen-bond donors (Lipinski definition) is 1. The SMILES string of the molecule is Cc1ccc(SCc2c(C(=O)O)nnn2-c2ccc(Cl)cc2Cl)cc1. The Morgan fingerprint density at radius 3 is 2.56 bits per heavy atom. The maximum Gasteiger partial charge on any atom is 0.358 e. The predicted molar refractivity (Wildman–Crippen MR) is 99.1 cm³/mol. The molecule has 25 heavy (non-hydrogen) atoms. The molecular weight excluding hydrogens is 381 g/mol. The summed E-state index contributed by atoms with van der Waals surface area (Å²) in [6, 6.07) is 12.9. The average Bonchev–Trinajstić information content (AvgIpc) is 2.98. The molecule has 0 bridgehead atoms. The number of carbonyl (C=O) groups is 1. The van der Waals surface area contributed by atoms with E-state index in [1.165, 1.54) is 16.4 Å². The van der Waals surface area contributed by atoms with Crippen molar-refractivity contribution in [1.82, 2.24) is 15.0 Å². The van der Waals surface area contributed by atoms with Crippen molar-refractivity contribution in [1.29, 1.82) is 0 Å². The van der Waals surface area contributed by atoms with E-state index in [2.05, 4.69) is 10.3 Å². The molecule has 1 N–H and O–H groups in total. The van der Waals surface area contributed by atoms with Crippen LogP contribution in [0.25, 0.3) is 5.69 Å². The summed E-state index contributed by atoms with van der Waals surface area (Å²) in [5, 5.41) is 18.0. The fourth-order valence-corrected chi connectivity index (χ4v) is 3.61. The molecule has 0 fully saturated rings. The third-order valence-corrected chi connectivity index (χ3v) is 5.06. The van der Waals surface area contributed by atoms with Gasteiger partial charge in [-0.15, -0.1) is 16.9 Å². The minimum absolute atomic E-state index is 0.0920. The number of aromatic nitrogens is 3. The minimum Gasteiger partial charge on any atom is -0.476 e. The van der Waals surface area contributed by atoms with E-state index in [4.69, 9.17) is 23.2 Å². The zero-order valence-corrected chi connectivity index (χ0v) is 15.4. The number of thioether (sulfide) groups is 1. The molecule has 3 rings (SSSR count). The maximum absolute atomic E-state index is 11.5. The molecule has 1 heterocycles. The van der Waals surface area contributed by atoms with Crippen molar-refractivity contribution >= 4 is 40.9 Å². The molecule has 0 unspecified atom stereocenters. The van der Waals surface area contributed by atoms with Crippen LogP contribution in [0.5, 0.6) is 0 Å². The van der Waals surface area contributed by atoms with Crippen LogP contribution in [0.15, 0.2) is 47.4 Å². The molecule has 0 radical (unpaired) electrons. The molecule has 0 amide bonds. The fraction of sp³-hybridized carbons (Fsp3) is 0.118. The molecule has 5 nitrogen and oxygen atoms in total. The molecule has 128 valence electrons. The van der Waals surface area contributed by atoms with Gasteiger partial charge in [-0.2, -0.15) is 0 Å². The van der Waals surface area contributed by atoms with Crippen molar-refractivity contribution in [2.75, 3.05) is 0 Å². The number of aromatic carboxylic acids is 1. The third-order valence-electron chi connectivity index (χ3n) is 3.50. The Morgan fingerprint density at radius 1 is 1.20 bits per heavy atom. The van der Waals surface area contributed by atoms with Gasteiger partial charge >= 0.3 is 5.97 Å². The number of nitrogens with zero attached hydrogens (tertiary/aromatic N) is 3. The molecule has 0 atom stereocenters. The van der Waals surface area contributed by atoms with Crippen LogP contribution in [-0.2, 0) is 5.75 Å². The summed E-state index contributed by atoms with van der Waals surface area (Å²) in [6.07, 6.45) is 0. The quantitative estimate of drug-likeness (QED) is 0.625. The molecule has 3 aromatic rings. The molecule has 0 spiro atoms. The fourth-order valence-electron chi connectivity index (χ4n) is 2.23. The van der Waals surface area contributed by atoms with Gasteiger partial charge in [0.1, 0.15) is 0 Å². The molecule has 0 aliphatic heterocycles. The van der Waals surface area contributed by atoms with E-state index in [9.17, 15) is 9.90 Å². The van der Waals surface area contributed by atoms with Crippen molar-refractivity contribution in [2.45, 2.75) is 17.6 Å². The zero-order chi connectivity index (χ0) is 18.0. The number of aryl methyl sites for hydroxylation is 1. The normalized spacial score (nSPS) is 10.8. The van der Waals surface area contributed by atoms with Gasteiger partial charge in [0.2, 0.25) is 0 Å². The van der Waals surface area contributed by atoms with E-state index in [0.717, 1.165) is 10.5 Å². The van der Waals surface area contributed by atoms with Crippen LogP contribution in [0.3, 0.4) is 0 Å². The Labute approximate surface area is 158 Å². The number of carboxylic acid groups (broad SMARTS) is 1. The summed E-state index contributed by atoms with van der Waals surface area (Å²) in [7, 11) is 0. The molecule has 0 aliphatic rings. The second-order valence-corrected chi connectivity index (χ2v) is 7.19. The number of halogens is 2. The molecule has 0 saturated carbocycles. The Morgan fingerprint density at radius 2 is 1.92 bits per heavy atom. The number of hydrogen-bond acceptors (Lipinski definition) is 4. The molecule has 0 saturated heterocycles. The first-order valence-electron chi connectivity index (χ1n) is 7.28. The number of rotatable bonds is 5. The summed E-state index contributed by atoms with van der Waals surface area (Å²) >= 11 is 13.7. The number of benzene rings is 2. The Bertz CT molecular complexity index is 926. The maximum atomic E-state index is 11.5. The van der Waals surface area contributed by atoms with E-state index < -0.39 is 5.97 Å². The molecule has 1 aromatic heterocycles. The van der Waals surface area contributed by atoms with E-state index >= 15 is 0 Å². The van der Waals surface area contributed by atoms with E-state index in [1.54, 1.807) is 18.2 Å². The van der Waals surface area contributed by atoms with Crippen LogP contribution in [0.1, 0.15) is 21.7 Å². The summed E-state index contributed by atoms with van der Waals surface area (Å²) < 4.78 is 1.45. The van der Waals surface area contributed by atoms with Crippen LogP contribution < -0.4 is 0 Å². The Balaban J connectivity index is 1.97. The van der Waals surface area contributed by atoms with Crippen molar-refractivity contribution in [3.63, 3.8) is 0 Å². The van der Waals surface area contributed by atoms with Gasteiger partial charge in [-0.3, -0.25) is 0 Å². The first-order chi connectivity index (χ1) is 12.0. The lowest BCUT2D eigenvalue weighted by atomic mass is 10.2. The van der Waals surface area contributed by atoms with Gasteiger partial charge < -0.3 is 5.11 Å². The molecule has 0 aliphatic carbocycles. The van der Waals surface area contributed by atoms with Crippen LogP contribution in [0.4, 0.5) is 0 Å². The van der Waals surface area contributed by atoms with Gasteiger partial charge in [0.15, 0.2) is 5.69 Å². The van der Waals surface area contributed by atoms with Gasteiger partial charge in [-0.25, -0.2) is 9.48 Å². The zero-order valence-electron chi connectivity index (χ0n) is 13.1. The highest BCUT2D eigenvalue weighted by atomic mass is 35.5. The van der Waals surface area contributed by atoms with E-state index in [1.807, 2.05) is 31.2 Å². The lowest BCUT2D eigenvalue weighted by Crippen LogP contribution is -2.06. The van der Waals surface area contributed by atoms with Crippen LogP contribution in [-0.4, -0.2) is 26.1 Å². The van der Waals surface area contributed by atoms with Gasteiger partial charge in [-0.1, -0.05) is 46.1 Å². The monoisotopic (exact) mass is 393 g/mol. The highest BCUT2D eigenvalue weighted by molar-refractivity contribution is 7.98. The van der Waals surface area contributed by atoms with Gasteiger partial charge in [-0.05, 0) is 37.3 Å². The summed E-state index contributed by atoms with van der Waals surface area (Å²) in [6.45, 7) is 2.01. The smallest absolute Gasteiger partial charge is 0.358 e. The van der Waals surface area contributed by atoms with Crippen molar-refractivity contribution in [3.05, 3.63) is 69.5 Å². The summed E-state index contributed by atoms with van der Waals surface area (Å²) in [5.74, 6) is -0.743. The Hall–Kier alpha value is -2.02. The predicted octanol–water partition coefficient (Wildman–Crippen LogP) is 4.87. The number of carboxylic acids is 1. The van der Waals surface area contributed by atoms with E-state index in [-0.39, 0.29) is 5.69 Å². The third kappa shape index (κ3) is 3.98. The second kappa shape index (κ2) is 7.47. The van der Waals surface area contributed by atoms with Crippen LogP contribution in [0.2, 0.25) is 10.0 Å². The van der Waals surface area contributed by atoms with E-state index in [0.29, 0.717) is 27.2 Å². The highest BCUT2D eigenvalue weighted by Crippen LogP contribution is 2.29. The van der Waals surface area contributed by atoms with Gasteiger partial charge in [0, 0.05) is 15.7 Å². The molecule has 2 aromatic carbocycles. The topological polar surface area (TPSA) is 68.0 Å². The van der Waals surface area contributed by atoms with Gasteiger partial charge in [0.05, 0.1) is 16.4 Å². The standard InChI is InChI=1S/C17H13Cl2N3O2S/c1-10-2-5-12(6-3-10)25-9-15-16(17(23)24)20-21-22(15)14-7-4-11(18)8-13(14)19/h2-8H,9H2,1H3,(H,23,24). The van der Waals surface area contributed by atoms with Crippen LogP contribution >= 0.6 is 35.0 Å². The Kier molecular flexibility index (Phi) is 5.32. The molecular formula is C17H13Cl2N3O2S. The lowest BCUT2D eigenvalue weighted by molar-refractivity contribution is 0.0689. The summed E-state index contributed by atoms with van der Waals surface area (Å²) in [4.78, 5) is 12.5. The van der Waals surface area contributed by atoms with Gasteiger partial charge in [0.25, 0.3) is 0 Å². The average molecular weight is 394 g/mol. The molecule has 8 heteroatoms. The first kappa shape index (κ1) is 17.8. The van der Waals surface area contributed by atoms with Crippen molar-refractivity contribution in [2.24, 2.45) is 0 Å². The second-order valence-electron chi connectivity index (χ2n) is 5.30. The van der Waals surface area contributed by atoms with Crippen molar-refractivity contribution < 1.29 is 9.90 Å². The van der Waals surface area contributed by atoms with Crippen molar-refractivity contribution in [3.8, 4) is 5.69 Å². The van der Waals surface area contributed by atoms with Crippen LogP contribution in [0, 0.1) is 6.92 Å².